The van der Waals surface area contributed by atoms with Gasteiger partial charge in [0.2, 0.25) is 5.89 Å². The number of aromatic nitrogens is 1. The van der Waals surface area contributed by atoms with Crippen LogP contribution in [0.3, 0.4) is 0 Å². The number of aliphatic carboxylic acids is 1. The second kappa shape index (κ2) is 13.3. The Balaban J connectivity index is 1.43. The van der Waals surface area contributed by atoms with Crippen molar-refractivity contribution in [3.05, 3.63) is 94.9 Å². The standard InChI is InChI=1S/C31H32N2O7/c1-20-26(33-31(40-20)22-7-5-4-6-8-22)15-16-39-25-12-9-21(11-14-29(34)35)24(17-25)19-32-30(36)23-10-13-27(37-2)28(18-23)38-3/h4-10,12-13,17-18H,11,14-16,19H2,1-3H3,(H,32,36)(H,34,35). The highest BCUT2D eigenvalue weighted by molar-refractivity contribution is 5.94. The molecule has 40 heavy (non-hydrogen) atoms. The molecule has 0 saturated carbocycles. The first kappa shape index (κ1) is 28.2. The van der Waals surface area contributed by atoms with Crippen molar-refractivity contribution >= 4 is 11.9 Å². The van der Waals surface area contributed by atoms with Crippen LogP contribution in [0, 0.1) is 6.92 Å². The molecule has 2 N–H and O–H groups in total. The van der Waals surface area contributed by atoms with Crippen molar-refractivity contribution in [3.63, 3.8) is 0 Å². The van der Waals surface area contributed by atoms with Gasteiger partial charge in [-0.15, -0.1) is 0 Å². The number of rotatable bonds is 13. The summed E-state index contributed by atoms with van der Waals surface area (Å²) in [5.74, 6) is 1.71. The molecule has 0 radical (unpaired) electrons. The first-order chi connectivity index (χ1) is 19.4. The molecule has 1 aromatic heterocycles. The number of benzene rings is 3. The summed E-state index contributed by atoms with van der Waals surface area (Å²) in [4.78, 5) is 28.7. The lowest BCUT2D eigenvalue weighted by Gasteiger charge is -2.14. The van der Waals surface area contributed by atoms with Gasteiger partial charge in [0.05, 0.1) is 26.5 Å². The average molecular weight is 545 g/mol. The van der Waals surface area contributed by atoms with E-state index < -0.39 is 5.97 Å². The molecule has 4 aromatic rings. The molecule has 1 heterocycles. The highest BCUT2D eigenvalue weighted by Gasteiger charge is 2.14. The molecule has 0 atom stereocenters. The minimum atomic E-state index is -0.890. The quantitative estimate of drug-likeness (QED) is 0.235. The predicted molar refractivity (Wildman–Crippen MR) is 149 cm³/mol. The van der Waals surface area contributed by atoms with Crippen LogP contribution >= 0.6 is 0 Å². The second-order valence-electron chi connectivity index (χ2n) is 9.06. The highest BCUT2D eigenvalue weighted by atomic mass is 16.5. The number of hydrogen-bond acceptors (Lipinski definition) is 7. The number of carboxylic acids is 1. The maximum Gasteiger partial charge on any atom is 0.303 e. The van der Waals surface area contributed by atoms with E-state index in [9.17, 15) is 14.7 Å². The lowest BCUT2D eigenvalue weighted by atomic mass is 10.0. The summed E-state index contributed by atoms with van der Waals surface area (Å²) in [6.07, 6.45) is 0.859. The average Bonchev–Trinajstić information content (AvgIpc) is 3.35. The molecule has 0 bridgehead atoms. The van der Waals surface area contributed by atoms with Gasteiger partial charge < -0.3 is 29.1 Å². The molecular formula is C31H32N2O7. The Morgan fingerprint density at radius 2 is 1.70 bits per heavy atom. The summed E-state index contributed by atoms with van der Waals surface area (Å²) in [6.45, 7) is 2.45. The molecule has 0 aliphatic carbocycles. The second-order valence-corrected chi connectivity index (χ2v) is 9.06. The van der Waals surface area contributed by atoms with E-state index in [2.05, 4.69) is 10.3 Å². The SMILES string of the molecule is COc1ccc(C(=O)NCc2cc(OCCc3nc(-c4ccccc4)oc3C)ccc2CCC(=O)O)cc1OC. The lowest BCUT2D eigenvalue weighted by Crippen LogP contribution is -2.23. The van der Waals surface area contributed by atoms with Crippen LogP contribution in [-0.4, -0.2) is 42.8 Å². The number of hydrogen-bond donors (Lipinski definition) is 2. The third kappa shape index (κ3) is 7.19. The zero-order valence-corrected chi connectivity index (χ0v) is 22.7. The van der Waals surface area contributed by atoms with Crippen LogP contribution in [0.5, 0.6) is 17.2 Å². The topological polar surface area (TPSA) is 120 Å². The Hall–Kier alpha value is -4.79. The van der Waals surface area contributed by atoms with Gasteiger partial charge in [-0.05, 0) is 66.9 Å². The molecule has 9 nitrogen and oxygen atoms in total. The molecule has 4 rings (SSSR count). The number of carbonyl (C=O) groups is 2. The maximum atomic E-state index is 12.9. The van der Waals surface area contributed by atoms with Crippen LogP contribution < -0.4 is 19.5 Å². The van der Waals surface area contributed by atoms with E-state index in [0.29, 0.717) is 48.2 Å². The maximum absolute atomic E-state index is 12.9. The smallest absolute Gasteiger partial charge is 0.303 e. The van der Waals surface area contributed by atoms with Gasteiger partial charge in [-0.2, -0.15) is 0 Å². The number of ether oxygens (including phenoxy) is 3. The lowest BCUT2D eigenvalue weighted by molar-refractivity contribution is -0.136. The zero-order chi connectivity index (χ0) is 28.5. The van der Waals surface area contributed by atoms with E-state index in [1.807, 2.05) is 55.5 Å². The predicted octanol–water partition coefficient (Wildman–Crippen LogP) is 5.24. The molecule has 208 valence electrons. The summed E-state index contributed by atoms with van der Waals surface area (Å²) in [7, 11) is 3.03. The molecule has 0 aliphatic heterocycles. The largest absolute Gasteiger partial charge is 0.493 e. The fourth-order valence-corrected chi connectivity index (χ4v) is 4.23. The normalized spacial score (nSPS) is 10.7. The summed E-state index contributed by atoms with van der Waals surface area (Å²) in [5.41, 5.74) is 3.74. The Kier molecular flexibility index (Phi) is 9.40. The fourth-order valence-electron chi connectivity index (χ4n) is 4.23. The first-order valence-electron chi connectivity index (χ1n) is 12.9. The number of methoxy groups -OCH3 is 2. The van der Waals surface area contributed by atoms with Gasteiger partial charge in [0.1, 0.15) is 11.5 Å². The third-order valence-electron chi connectivity index (χ3n) is 6.39. The van der Waals surface area contributed by atoms with Crippen LogP contribution in [0.15, 0.2) is 71.1 Å². The van der Waals surface area contributed by atoms with Gasteiger partial charge in [0, 0.05) is 30.5 Å². The molecule has 9 heteroatoms. The van der Waals surface area contributed by atoms with Crippen LogP contribution in [0.25, 0.3) is 11.5 Å². The Morgan fingerprint density at radius 1 is 0.925 bits per heavy atom. The van der Waals surface area contributed by atoms with Crippen LogP contribution in [0.4, 0.5) is 0 Å². The minimum absolute atomic E-state index is 0.0218. The van der Waals surface area contributed by atoms with Crippen molar-refractivity contribution in [2.45, 2.75) is 32.7 Å². The van der Waals surface area contributed by atoms with Crippen molar-refractivity contribution in [1.82, 2.24) is 10.3 Å². The minimum Gasteiger partial charge on any atom is -0.493 e. The van der Waals surface area contributed by atoms with E-state index in [1.54, 1.807) is 18.2 Å². The molecule has 0 aliphatic rings. The Bertz CT molecular complexity index is 1460. The monoisotopic (exact) mass is 544 g/mol. The third-order valence-corrected chi connectivity index (χ3v) is 6.39. The first-order valence-corrected chi connectivity index (χ1v) is 12.9. The number of carbonyl (C=O) groups excluding carboxylic acids is 1. The van der Waals surface area contributed by atoms with Crippen molar-refractivity contribution in [3.8, 4) is 28.7 Å². The van der Waals surface area contributed by atoms with Crippen molar-refractivity contribution in [2.75, 3.05) is 20.8 Å². The van der Waals surface area contributed by atoms with Gasteiger partial charge in [0.25, 0.3) is 5.91 Å². The van der Waals surface area contributed by atoms with Crippen molar-refractivity contribution < 1.29 is 33.3 Å². The van der Waals surface area contributed by atoms with Crippen LogP contribution in [0.2, 0.25) is 0 Å². The molecule has 1 amide bonds. The van der Waals surface area contributed by atoms with Gasteiger partial charge in [-0.1, -0.05) is 24.3 Å². The molecule has 0 fully saturated rings. The zero-order valence-electron chi connectivity index (χ0n) is 22.7. The fraction of sp³-hybridized carbons (Fsp3) is 0.258. The summed E-state index contributed by atoms with van der Waals surface area (Å²) >= 11 is 0. The number of nitrogens with one attached hydrogen (secondary N) is 1. The summed E-state index contributed by atoms with van der Waals surface area (Å²) in [5, 5.41) is 12.1. The number of nitrogens with zero attached hydrogens (tertiary/aromatic N) is 1. The Labute approximate surface area is 232 Å². The van der Waals surface area contributed by atoms with Crippen LogP contribution in [-0.2, 0) is 24.2 Å². The Morgan fingerprint density at radius 3 is 2.42 bits per heavy atom. The molecule has 0 unspecified atom stereocenters. The van der Waals surface area contributed by atoms with E-state index >= 15 is 0 Å². The number of aryl methyl sites for hydroxylation is 2. The molecular weight excluding hydrogens is 512 g/mol. The number of carboxylic acid groups (broad SMARTS) is 1. The molecule has 0 saturated heterocycles. The van der Waals surface area contributed by atoms with Crippen LogP contribution in [0.1, 0.15) is 39.4 Å². The summed E-state index contributed by atoms with van der Waals surface area (Å²) < 4.78 is 22.4. The number of oxazole rings is 1. The highest BCUT2D eigenvalue weighted by Crippen LogP contribution is 2.28. The van der Waals surface area contributed by atoms with E-state index in [-0.39, 0.29) is 18.9 Å². The molecule has 3 aromatic carbocycles. The van der Waals surface area contributed by atoms with Crippen molar-refractivity contribution in [1.29, 1.82) is 0 Å². The molecule has 0 spiro atoms. The van der Waals surface area contributed by atoms with Gasteiger partial charge in [-0.3, -0.25) is 9.59 Å². The van der Waals surface area contributed by atoms with Gasteiger partial charge >= 0.3 is 5.97 Å². The van der Waals surface area contributed by atoms with E-state index in [1.165, 1.54) is 14.2 Å². The summed E-state index contributed by atoms with van der Waals surface area (Å²) in [6, 6.07) is 20.1. The number of amides is 1. The van der Waals surface area contributed by atoms with E-state index in [0.717, 1.165) is 28.1 Å². The van der Waals surface area contributed by atoms with E-state index in [4.69, 9.17) is 18.6 Å². The van der Waals surface area contributed by atoms with Gasteiger partial charge in [0.15, 0.2) is 11.5 Å². The van der Waals surface area contributed by atoms with Gasteiger partial charge in [-0.25, -0.2) is 4.98 Å². The van der Waals surface area contributed by atoms with Crippen molar-refractivity contribution in [2.24, 2.45) is 0 Å².